The molecule has 0 aliphatic carbocycles. The van der Waals surface area contributed by atoms with Crippen LogP contribution in [0.25, 0.3) is 0 Å². The number of nitrogens with one attached hydrogen (secondary N) is 1. The summed E-state index contributed by atoms with van der Waals surface area (Å²) in [4.78, 5) is 0. The van der Waals surface area contributed by atoms with Crippen LogP contribution in [0.5, 0.6) is 0 Å². The first-order valence-electron chi connectivity index (χ1n) is 3.87. The number of hydrogen-bond acceptors (Lipinski definition) is 4. The molecule has 0 bridgehead atoms. The van der Waals surface area contributed by atoms with Gasteiger partial charge in [0.05, 0.1) is 15.2 Å². The number of hydrogen-bond donors (Lipinski definition) is 1. The molecule has 1 aromatic carbocycles. The molecule has 0 spiro atoms. The molecular formula is C9H3BrClFN4. The van der Waals surface area contributed by atoms with Crippen molar-refractivity contribution in [2.24, 2.45) is 5.10 Å². The number of hydrazone groups is 1. The molecule has 0 aromatic heterocycles. The molecule has 0 aliphatic heterocycles. The standard InChI is InChI=1S/C9H3BrClFN4/c10-6-1-7(11)9(2-8(6)12)16-15-5(3-13)4-14/h1-2,16H. The molecule has 7 heteroatoms. The molecule has 4 nitrogen and oxygen atoms in total. The highest BCUT2D eigenvalue weighted by Crippen LogP contribution is 2.28. The average Bonchev–Trinajstić information content (AvgIpc) is 2.26. The molecule has 0 radical (unpaired) electrons. The van der Waals surface area contributed by atoms with Crippen molar-refractivity contribution in [2.45, 2.75) is 0 Å². The molecule has 0 heterocycles. The number of halogens is 3. The maximum absolute atomic E-state index is 13.1. The Balaban J connectivity index is 3.01. The highest BCUT2D eigenvalue weighted by Gasteiger charge is 2.06. The first-order valence-corrected chi connectivity index (χ1v) is 5.04. The van der Waals surface area contributed by atoms with Gasteiger partial charge in [0.25, 0.3) is 0 Å². The van der Waals surface area contributed by atoms with Gasteiger partial charge in [0.2, 0.25) is 5.71 Å². The van der Waals surface area contributed by atoms with E-state index in [0.29, 0.717) is 0 Å². The average molecular weight is 302 g/mol. The highest BCUT2D eigenvalue weighted by molar-refractivity contribution is 9.10. The van der Waals surface area contributed by atoms with Gasteiger partial charge >= 0.3 is 0 Å². The second kappa shape index (κ2) is 5.45. The van der Waals surface area contributed by atoms with E-state index in [4.69, 9.17) is 22.1 Å². The minimum Gasteiger partial charge on any atom is -0.275 e. The van der Waals surface area contributed by atoms with Gasteiger partial charge in [0.15, 0.2) is 0 Å². The topological polar surface area (TPSA) is 72.0 Å². The molecule has 0 atom stereocenters. The van der Waals surface area contributed by atoms with Gasteiger partial charge in [-0.3, -0.25) is 5.43 Å². The van der Waals surface area contributed by atoms with Crippen molar-refractivity contribution >= 4 is 38.9 Å². The van der Waals surface area contributed by atoms with Gasteiger partial charge in [0, 0.05) is 6.07 Å². The van der Waals surface area contributed by atoms with E-state index in [1.54, 1.807) is 12.1 Å². The zero-order chi connectivity index (χ0) is 12.1. The van der Waals surface area contributed by atoms with E-state index in [2.05, 4.69) is 26.5 Å². The van der Waals surface area contributed by atoms with Gasteiger partial charge in [-0.05, 0) is 22.0 Å². The fourth-order valence-electron chi connectivity index (χ4n) is 0.799. The second-order valence-corrected chi connectivity index (χ2v) is 3.80. The summed E-state index contributed by atoms with van der Waals surface area (Å²) in [5.74, 6) is -0.530. The predicted molar refractivity (Wildman–Crippen MR) is 61.4 cm³/mol. The maximum Gasteiger partial charge on any atom is 0.237 e. The van der Waals surface area contributed by atoms with Crippen molar-refractivity contribution in [2.75, 3.05) is 5.43 Å². The fourth-order valence-corrected chi connectivity index (χ4v) is 1.48. The van der Waals surface area contributed by atoms with Gasteiger partial charge < -0.3 is 0 Å². The Morgan fingerprint density at radius 3 is 2.62 bits per heavy atom. The molecule has 80 valence electrons. The van der Waals surface area contributed by atoms with E-state index < -0.39 is 5.82 Å². The van der Waals surface area contributed by atoms with Gasteiger partial charge in [-0.25, -0.2) is 4.39 Å². The van der Waals surface area contributed by atoms with Crippen LogP contribution < -0.4 is 5.43 Å². The third kappa shape index (κ3) is 2.93. The van der Waals surface area contributed by atoms with Gasteiger partial charge in [0.1, 0.15) is 18.0 Å². The highest BCUT2D eigenvalue weighted by atomic mass is 79.9. The Morgan fingerprint density at radius 2 is 2.06 bits per heavy atom. The van der Waals surface area contributed by atoms with Crippen LogP contribution in [0.4, 0.5) is 10.1 Å². The zero-order valence-corrected chi connectivity index (χ0v) is 9.97. The lowest BCUT2D eigenvalue weighted by atomic mass is 10.3. The summed E-state index contributed by atoms with van der Waals surface area (Å²) in [6, 6.07) is 5.54. The summed E-state index contributed by atoms with van der Waals surface area (Å²) in [5, 5.41) is 20.5. The number of nitriles is 2. The molecule has 0 aliphatic rings. The number of rotatable bonds is 2. The van der Waals surface area contributed by atoms with Crippen LogP contribution in [0.1, 0.15) is 0 Å². The van der Waals surface area contributed by atoms with E-state index in [-0.39, 0.29) is 20.9 Å². The lowest BCUT2D eigenvalue weighted by molar-refractivity contribution is 0.621. The number of nitrogens with zero attached hydrogens (tertiary/aromatic N) is 3. The van der Waals surface area contributed by atoms with Crippen molar-refractivity contribution in [3.8, 4) is 12.1 Å². The molecule has 0 fully saturated rings. The van der Waals surface area contributed by atoms with Gasteiger partial charge in [-0.15, -0.1) is 0 Å². The first-order chi connectivity index (χ1) is 7.58. The van der Waals surface area contributed by atoms with Crippen LogP contribution in [0.2, 0.25) is 5.02 Å². The van der Waals surface area contributed by atoms with E-state index in [9.17, 15) is 4.39 Å². The fraction of sp³-hybridized carbons (Fsp3) is 0. The van der Waals surface area contributed by atoms with Crippen LogP contribution in [-0.4, -0.2) is 5.71 Å². The van der Waals surface area contributed by atoms with Crippen molar-refractivity contribution in [1.29, 1.82) is 10.5 Å². The maximum atomic E-state index is 13.1. The van der Waals surface area contributed by atoms with Crippen molar-refractivity contribution in [1.82, 2.24) is 0 Å². The summed E-state index contributed by atoms with van der Waals surface area (Å²) in [6.07, 6.45) is 0. The molecule has 0 saturated carbocycles. The summed E-state index contributed by atoms with van der Waals surface area (Å²) >= 11 is 8.74. The van der Waals surface area contributed by atoms with E-state index in [1.807, 2.05) is 0 Å². The quantitative estimate of drug-likeness (QED) is 0.518. The zero-order valence-electron chi connectivity index (χ0n) is 7.63. The molecule has 0 amide bonds. The number of benzene rings is 1. The lowest BCUT2D eigenvalue weighted by Gasteiger charge is -2.04. The summed E-state index contributed by atoms with van der Waals surface area (Å²) in [7, 11) is 0. The molecule has 1 aromatic rings. The van der Waals surface area contributed by atoms with E-state index in [1.165, 1.54) is 6.07 Å². The Labute approximate surface area is 104 Å². The molecular weight excluding hydrogens is 298 g/mol. The Kier molecular flexibility index (Phi) is 4.24. The SMILES string of the molecule is N#CC(C#N)=NNc1cc(F)c(Br)cc1Cl. The first kappa shape index (κ1) is 12.4. The lowest BCUT2D eigenvalue weighted by Crippen LogP contribution is -1.97. The summed E-state index contributed by atoms with van der Waals surface area (Å²) in [5.41, 5.74) is 2.13. The minimum absolute atomic E-state index is 0.172. The van der Waals surface area contributed by atoms with Gasteiger partial charge in [-0.2, -0.15) is 15.6 Å². The monoisotopic (exact) mass is 300 g/mol. The normalized spacial score (nSPS) is 8.81. The van der Waals surface area contributed by atoms with E-state index in [0.717, 1.165) is 6.07 Å². The smallest absolute Gasteiger partial charge is 0.237 e. The predicted octanol–water partition coefficient (Wildman–Crippen LogP) is 3.06. The molecule has 0 unspecified atom stereocenters. The summed E-state index contributed by atoms with van der Waals surface area (Å²) in [6.45, 7) is 0. The molecule has 1 rings (SSSR count). The Bertz CT molecular complexity index is 514. The molecule has 16 heavy (non-hydrogen) atoms. The minimum atomic E-state index is -0.530. The summed E-state index contributed by atoms with van der Waals surface area (Å²) < 4.78 is 13.3. The Hall–Kier alpha value is -1.63. The third-order valence-corrected chi connectivity index (χ3v) is 2.43. The van der Waals surface area contributed by atoms with Crippen molar-refractivity contribution in [3.63, 3.8) is 0 Å². The number of anilines is 1. The van der Waals surface area contributed by atoms with Gasteiger partial charge in [-0.1, -0.05) is 11.6 Å². The van der Waals surface area contributed by atoms with Crippen molar-refractivity contribution < 1.29 is 4.39 Å². The van der Waals surface area contributed by atoms with Crippen LogP contribution in [0.15, 0.2) is 21.7 Å². The van der Waals surface area contributed by atoms with Crippen LogP contribution in [0.3, 0.4) is 0 Å². The molecule has 1 N–H and O–H groups in total. The Morgan fingerprint density at radius 1 is 1.44 bits per heavy atom. The van der Waals surface area contributed by atoms with Crippen molar-refractivity contribution in [3.05, 3.63) is 27.4 Å². The molecule has 0 saturated heterocycles. The third-order valence-electron chi connectivity index (χ3n) is 1.51. The van der Waals surface area contributed by atoms with Crippen LogP contribution in [-0.2, 0) is 0 Å². The second-order valence-electron chi connectivity index (χ2n) is 2.54. The van der Waals surface area contributed by atoms with Crippen LogP contribution >= 0.6 is 27.5 Å². The largest absolute Gasteiger partial charge is 0.275 e. The van der Waals surface area contributed by atoms with Crippen LogP contribution in [0, 0.1) is 28.5 Å². The van der Waals surface area contributed by atoms with E-state index >= 15 is 0 Å².